The van der Waals surface area contributed by atoms with Crippen molar-refractivity contribution in [2.24, 2.45) is 0 Å². The topological polar surface area (TPSA) is 66.9 Å². The number of anilines is 1. The van der Waals surface area contributed by atoms with Gasteiger partial charge >= 0.3 is 6.18 Å². The molecule has 0 fully saturated rings. The monoisotopic (exact) mass is 475 g/mol. The summed E-state index contributed by atoms with van der Waals surface area (Å²) in [6, 6.07) is 16.1. The molecule has 0 bridgehead atoms. The second kappa shape index (κ2) is 7.97. The summed E-state index contributed by atoms with van der Waals surface area (Å²) < 4.78 is 46.6. The Hall–Kier alpha value is -4.14. The number of hydrogen-bond acceptors (Lipinski definition) is 5. The quantitative estimate of drug-likeness (QED) is 0.344. The van der Waals surface area contributed by atoms with E-state index in [0.717, 1.165) is 45.4 Å². The van der Waals surface area contributed by atoms with Gasteiger partial charge in [-0.1, -0.05) is 18.2 Å². The smallest absolute Gasteiger partial charge is 0.418 e. The minimum atomic E-state index is -4.50. The molecular formula is C26H20F3N5O. The maximum atomic E-state index is 13.6. The lowest BCUT2D eigenvalue weighted by Gasteiger charge is -2.23. The number of benzene rings is 3. The van der Waals surface area contributed by atoms with Crippen LogP contribution in [0.15, 0.2) is 60.9 Å². The lowest BCUT2D eigenvalue weighted by molar-refractivity contribution is -0.136. The summed E-state index contributed by atoms with van der Waals surface area (Å²) in [6.07, 6.45) is -3.31. The minimum absolute atomic E-state index is 0.104. The lowest BCUT2D eigenvalue weighted by atomic mass is 10.0. The summed E-state index contributed by atoms with van der Waals surface area (Å²) in [7, 11) is 0. The molecule has 6 rings (SSSR count). The average molecular weight is 475 g/mol. The number of nitrogens with zero attached hydrogens (tertiary/aromatic N) is 4. The van der Waals surface area contributed by atoms with Gasteiger partial charge in [-0.3, -0.25) is 0 Å². The molecule has 35 heavy (non-hydrogen) atoms. The van der Waals surface area contributed by atoms with E-state index in [1.807, 2.05) is 36.1 Å². The van der Waals surface area contributed by atoms with Crippen molar-refractivity contribution in [3.63, 3.8) is 0 Å². The Morgan fingerprint density at radius 3 is 2.69 bits per heavy atom. The number of aryl methyl sites for hydroxylation is 1. The fourth-order valence-electron chi connectivity index (χ4n) is 4.63. The molecule has 5 aromatic rings. The predicted octanol–water partition coefficient (Wildman–Crippen LogP) is 5.90. The van der Waals surface area contributed by atoms with Crippen molar-refractivity contribution in [3.8, 4) is 16.9 Å². The van der Waals surface area contributed by atoms with Gasteiger partial charge in [0.2, 0.25) is 0 Å². The molecule has 1 aliphatic rings. The Morgan fingerprint density at radius 1 is 1.00 bits per heavy atom. The van der Waals surface area contributed by atoms with Gasteiger partial charge < -0.3 is 14.6 Å². The second-order valence-corrected chi connectivity index (χ2v) is 8.54. The second-order valence-electron chi connectivity index (χ2n) is 8.54. The van der Waals surface area contributed by atoms with E-state index in [1.165, 1.54) is 12.4 Å². The number of halogens is 3. The molecule has 2 aromatic heterocycles. The maximum Gasteiger partial charge on any atom is 0.418 e. The summed E-state index contributed by atoms with van der Waals surface area (Å²) in [5.74, 6) is 2.07. The zero-order chi connectivity index (χ0) is 24.2. The first-order valence-electron chi connectivity index (χ1n) is 11.2. The molecule has 0 unspecified atom stereocenters. The first-order valence-corrected chi connectivity index (χ1v) is 11.2. The van der Waals surface area contributed by atoms with Crippen molar-refractivity contribution in [1.82, 2.24) is 19.9 Å². The molecule has 0 amide bonds. The number of fused-ring (bicyclic) bond motifs is 3. The zero-order valence-electron chi connectivity index (χ0n) is 18.7. The van der Waals surface area contributed by atoms with Crippen LogP contribution in [-0.2, 0) is 12.7 Å². The minimum Gasteiger partial charge on any atom is -0.491 e. The molecule has 3 heterocycles. The van der Waals surface area contributed by atoms with Crippen molar-refractivity contribution >= 4 is 27.8 Å². The molecule has 1 aliphatic heterocycles. The number of hydrogen-bond donors (Lipinski definition) is 1. The Morgan fingerprint density at radius 2 is 1.83 bits per heavy atom. The SMILES string of the molecule is Cc1nc2ccc(-c3ccc4c(c3)CN(c3ncnc5c(C(F)(F)F)cccc35)CCO4)cc2[nH]1. The van der Waals surface area contributed by atoms with Crippen LogP contribution in [0.3, 0.4) is 0 Å². The van der Waals surface area contributed by atoms with Gasteiger partial charge in [0.1, 0.15) is 30.3 Å². The van der Waals surface area contributed by atoms with Crippen LogP contribution in [-0.4, -0.2) is 33.1 Å². The van der Waals surface area contributed by atoms with Gasteiger partial charge in [-0.2, -0.15) is 13.2 Å². The molecule has 0 radical (unpaired) electrons. The summed E-state index contributed by atoms with van der Waals surface area (Å²) >= 11 is 0. The van der Waals surface area contributed by atoms with Gasteiger partial charge in [-0.15, -0.1) is 0 Å². The molecule has 3 aromatic carbocycles. The number of imidazole rings is 1. The molecule has 176 valence electrons. The molecule has 0 saturated heterocycles. The molecule has 0 spiro atoms. The molecule has 0 saturated carbocycles. The van der Waals surface area contributed by atoms with Crippen LogP contribution in [0.1, 0.15) is 17.0 Å². The Bertz CT molecular complexity index is 1580. The third-order valence-electron chi connectivity index (χ3n) is 6.22. The van der Waals surface area contributed by atoms with E-state index in [2.05, 4.69) is 32.1 Å². The van der Waals surface area contributed by atoms with E-state index in [1.54, 1.807) is 6.07 Å². The van der Waals surface area contributed by atoms with Gasteiger partial charge in [0.15, 0.2) is 0 Å². The highest BCUT2D eigenvalue weighted by Gasteiger charge is 2.34. The van der Waals surface area contributed by atoms with Crippen molar-refractivity contribution in [1.29, 1.82) is 0 Å². The van der Waals surface area contributed by atoms with E-state index < -0.39 is 11.7 Å². The number of ether oxygens (including phenoxy) is 1. The van der Waals surface area contributed by atoms with Crippen LogP contribution < -0.4 is 9.64 Å². The molecular weight excluding hydrogens is 455 g/mol. The first-order chi connectivity index (χ1) is 16.9. The summed E-state index contributed by atoms with van der Waals surface area (Å²) in [4.78, 5) is 18.0. The van der Waals surface area contributed by atoms with Crippen LogP contribution >= 0.6 is 0 Å². The third kappa shape index (κ3) is 3.82. The summed E-state index contributed by atoms with van der Waals surface area (Å²) in [6.45, 7) is 3.22. The van der Waals surface area contributed by atoms with Gasteiger partial charge in [0, 0.05) is 17.5 Å². The molecule has 6 nitrogen and oxygen atoms in total. The number of aromatic amines is 1. The normalized spacial score (nSPS) is 14.1. The standard InChI is InChI=1S/C26H20F3N5O/c1-15-32-21-7-5-17(12-22(21)33-15)16-6-8-23-18(11-16)13-34(9-10-35-23)25-19-3-2-4-20(26(27,28)29)24(19)30-14-31-25/h2-8,11-12,14H,9-10,13H2,1H3,(H,32,33). The van der Waals surface area contributed by atoms with Gasteiger partial charge in [0.25, 0.3) is 0 Å². The van der Waals surface area contributed by atoms with Gasteiger partial charge in [-0.25, -0.2) is 15.0 Å². The zero-order valence-corrected chi connectivity index (χ0v) is 18.7. The van der Waals surface area contributed by atoms with Crippen molar-refractivity contribution < 1.29 is 17.9 Å². The Kier molecular flexibility index (Phi) is 4.87. The van der Waals surface area contributed by atoms with Crippen LogP contribution in [0.4, 0.5) is 19.0 Å². The fraction of sp³-hybridized carbons (Fsp3) is 0.192. The van der Waals surface area contributed by atoms with Crippen LogP contribution in [0, 0.1) is 6.92 Å². The van der Waals surface area contributed by atoms with Crippen molar-refractivity contribution in [3.05, 3.63) is 77.9 Å². The Labute approximate surface area is 198 Å². The predicted molar refractivity (Wildman–Crippen MR) is 127 cm³/mol. The van der Waals surface area contributed by atoms with E-state index in [9.17, 15) is 13.2 Å². The summed E-state index contributed by atoms with van der Waals surface area (Å²) in [5, 5.41) is 0.363. The highest BCUT2D eigenvalue weighted by atomic mass is 19.4. The number of H-pyrrole nitrogens is 1. The third-order valence-corrected chi connectivity index (χ3v) is 6.22. The molecule has 1 N–H and O–H groups in total. The molecule has 0 atom stereocenters. The van der Waals surface area contributed by atoms with Crippen LogP contribution in [0.5, 0.6) is 5.75 Å². The van der Waals surface area contributed by atoms with E-state index in [0.29, 0.717) is 30.9 Å². The van der Waals surface area contributed by atoms with Crippen molar-refractivity contribution in [2.75, 3.05) is 18.1 Å². The lowest BCUT2D eigenvalue weighted by Crippen LogP contribution is -2.26. The first kappa shape index (κ1) is 21.4. The number of aromatic nitrogens is 4. The van der Waals surface area contributed by atoms with E-state index in [-0.39, 0.29) is 5.52 Å². The molecule has 0 aliphatic carbocycles. The molecule has 9 heteroatoms. The largest absolute Gasteiger partial charge is 0.491 e. The highest BCUT2D eigenvalue weighted by molar-refractivity contribution is 5.92. The van der Waals surface area contributed by atoms with E-state index in [4.69, 9.17) is 4.74 Å². The number of rotatable bonds is 2. The number of para-hydroxylation sites is 1. The average Bonchev–Trinajstić information content (AvgIpc) is 3.08. The number of alkyl halides is 3. The fourth-order valence-corrected chi connectivity index (χ4v) is 4.63. The highest BCUT2D eigenvalue weighted by Crippen LogP contribution is 2.37. The maximum absolute atomic E-state index is 13.6. The Balaban J connectivity index is 1.40. The van der Waals surface area contributed by atoms with Gasteiger partial charge in [0.05, 0.1) is 28.7 Å². The van der Waals surface area contributed by atoms with E-state index >= 15 is 0 Å². The van der Waals surface area contributed by atoms with Gasteiger partial charge in [-0.05, 0) is 54.4 Å². The van der Waals surface area contributed by atoms with Crippen LogP contribution in [0.25, 0.3) is 33.1 Å². The van der Waals surface area contributed by atoms with Crippen LogP contribution in [0.2, 0.25) is 0 Å². The summed E-state index contributed by atoms with van der Waals surface area (Å²) in [5.41, 5.74) is 3.96. The van der Waals surface area contributed by atoms with Crippen molar-refractivity contribution in [2.45, 2.75) is 19.6 Å². The number of nitrogens with one attached hydrogen (secondary N) is 1.